The first-order valence-electron chi connectivity index (χ1n) is 7.61. The van der Waals surface area contributed by atoms with Crippen LogP contribution in [0.3, 0.4) is 0 Å². The Bertz CT molecular complexity index is 994. The third-order valence-electron chi connectivity index (χ3n) is 4.12. The van der Waals surface area contributed by atoms with Gasteiger partial charge >= 0.3 is 0 Å². The third kappa shape index (κ3) is 3.00. The minimum atomic E-state index is -0.423. The van der Waals surface area contributed by atoms with E-state index in [-0.39, 0.29) is 0 Å². The number of aromatic nitrogens is 3. The molecule has 0 saturated heterocycles. The van der Waals surface area contributed by atoms with Gasteiger partial charge in [0.15, 0.2) is 5.82 Å². The number of ether oxygens (including phenoxy) is 1. The fourth-order valence-electron chi connectivity index (χ4n) is 2.82. The lowest BCUT2D eigenvalue weighted by molar-refractivity contribution is 0.409. The van der Waals surface area contributed by atoms with Gasteiger partial charge in [-0.3, -0.25) is 4.40 Å². The monoisotopic (exact) mass is 483 g/mol. The van der Waals surface area contributed by atoms with Crippen LogP contribution in [-0.4, -0.2) is 26.3 Å². The molecule has 2 aromatic heterocycles. The number of rotatable bonds is 4. The van der Waals surface area contributed by atoms with E-state index >= 15 is 0 Å². The Balaban J connectivity index is 1.90. The van der Waals surface area contributed by atoms with Gasteiger partial charge in [-0.15, -0.1) is 0 Å². The van der Waals surface area contributed by atoms with Crippen molar-refractivity contribution in [2.24, 2.45) is 0 Å². The Morgan fingerprint density at radius 2 is 2.00 bits per heavy atom. The number of halogens is 3. The summed E-state index contributed by atoms with van der Waals surface area (Å²) in [6.07, 6.45) is 4.69. The summed E-state index contributed by atoms with van der Waals surface area (Å²) in [5.41, 5.74) is 2.46. The van der Waals surface area contributed by atoms with Crippen molar-refractivity contribution in [1.82, 2.24) is 14.4 Å². The zero-order valence-electron chi connectivity index (χ0n) is 13.1. The van der Waals surface area contributed by atoms with Crippen molar-refractivity contribution < 1.29 is 9.13 Å². The van der Waals surface area contributed by atoms with Gasteiger partial charge in [0.2, 0.25) is 5.78 Å². The van der Waals surface area contributed by atoms with Gasteiger partial charge in [0.1, 0.15) is 5.75 Å². The predicted molar refractivity (Wildman–Crippen MR) is 104 cm³/mol. The van der Waals surface area contributed by atoms with E-state index in [1.165, 1.54) is 12.4 Å². The molecule has 0 unspecified atom stereocenters. The van der Waals surface area contributed by atoms with Gasteiger partial charge in [-0.25, -0.2) is 14.4 Å². The average Bonchev–Trinajstić information content (AvgIpc) is 3.35. The molecule has 0 bridgehead atoms. The smallest absolute Gasteiger partial charge is 0.234 e. The number of nitrogens with zero attached hydrogens (tertiary/aromatic N) is 3. The number of hydrogen-bond acceptors (Lipinski definition) is 4. The summed E-state index contributed by atoms with van der Waals surface area (Å²) in [4.78, 5) is 9.28. The molecule has 0 amide bonds. The van der Waals surface area contributed by atoms with Crippen LogP contribution in [0, 0.1) is 5.82 Å². The van der Waals surface area contributed by atoms with Crippen molar-refractivity contribution >= 4 is 54.7 Å². The Morgan fingerprint density at radius 3 is 2.60 bits per heavy atom. The molecular formula is C17H12Br2FN3OS. The molecule has 1 aliphatic carbocycles. The summed E-state index contributed by atoms with van der Waals surface area (Å²) in [5.74, 6) is 1.10. The first kappa shape index (κ1) is 17.1. The van der Waals surface area contributed by atoms with Gasteiger partial charge in [-0.2, -0.15) is 0 Å². The van der Waals surface area contributed by atoms with E-state index in [1.54, 1.807) is 11.5 Å². The molecular weight excluding hydrogens is 473 g/mol. The van der Waals surface area contributed by atoms with Crippen molar-refractivity contribution in [2.75, 3.05) is 7.11 Å². The Morgan fingerprint density at radius 1 is 1.32 bits per heavy atom. The average molecular weight is 485 g/mol. The number of hydrogen-bond donors (Lipinski definition) is 0. The summed E-state index contributed by atoms with van der Waals surface area (Å²) >= 11 is 12.8. The van der Waals surface area contributed by atoms with Crippen LogP contribution in [0.15, 0.2) is 33.5 Å². The molecule has 1 fully saturated rings. The highest BCUT2D eigenvalue weighted by atomic mass is 79.9. The lowest BCUT2D eigenvalue weighted by atomic mass is 10.1. The van der Waals surface area contributed by atoms with E-state index in [0.29, 0.717) is 22.3 Å². The van der Waals surface area contributed by atoms with E-state index in [9.17, 15) is 4.39 Å². The molecule has 4 rings (SSSR count). The molecule has 0 aliphatic heterocycles. The van der Waals surface area contributed by atoms with E-state index in [0.717, 1.165) is 38.7 Å². The molecule has 3 aromatic rings. The maximum atomic E-state index is 13.7. The van der Waals surface area contributed by atoms with Crippen molar-refractivity contribution in [1.29, 1.82) is 0 Å². The quantitative estimate of drug-likeness (QED) is 0.384. The van der Waals surface area contributed by atoms with E-state index in [2.05, 4.69) is 41.8 Å². The molecule has 4 nitrogen and oxygen atoms in total. The second-order valence-corrected chi connectivity index (χ2v) is 7.98. The van der Waals surface area contributed by atoms with Crippen LogP contribution in [0.1, 0.15) is 35.7 Å². The molecule has 25 heavy (non-hydrogen) atoms. The minimum Gasteiger partial charge on any atom is -0.494 e. The standard InChI is InChI=1S/C17H12Br2FN3OS/c1-24-15-11(18)4-9(5-12(15)19)16(25)14-13(8-2-3-8)22-17-21-6-10(20)7-23(14)17/h4-8H,2-3H2,1H3. The van der Waals surface area contributed by atoms with Crippen LogP contribution < -0.4 is 4.74 Å². The van der Waals surface area contributed by atoms with Crippen LogP contribution in [0.4, 0.5) is 4.39 Å². The van der Waals surface area contributed by atoms with E-state index < -0.39 is 5.82 Å². The topological polar surface area (TPSA) is 39.4 Å². The number of imidazole rings is 1. The number of fused-ring (bicyclic) bond motifs is 1. The number of methoxy groups -OCH3 is 1. The van der Waals surface area contributed by atoms with Gasteiger partial charge in [0, 0.05) is 12.1 Å². The summed E-state index contributed by atoms with van der Waals surface area (Å²) in [6.45, 7) is 0. The van der Waals surface area contributed by atoms with Crippen LogP contribution in [0.2, 0.25) is 0 Å². The van der Waals surface area contributed by atoms with Gasteiger partial charge in [0.05, 0.1) is 38.5 Å². The molecule has 1 aliphatic rings. The van der Waals surface area contributed by atoms with E-state index in [4.69, 9.17) is 17.0 Å². The zero-order valence-corrected chi connectivity index (χ0v) is 17.1. The second-order valence-electron chi connectivity index (χ2n) is 5.86. The van der Waals surface area contributed by atoms with Crippen molar-refractivity contribution in [3.05, 3.63) is 56.2 Å². The SMILES string of the molecule is COc1c(Br)cc(C(=S)c2c(C3CC3)nc3ncc(F)cn23)cc1Br. The van der Waals surface area contributed by atoms with Crippen molar-refractivity contribution in [3.8, 4) is 5.75 Å². The number of thiocarbonyl (C=S) groups is 1. The van der Waals surface area contributed by atoms with Crippen LogP contribution in [0.25, 0.3) is 5.78 Å². The zero-order chi connectivity index (χ0) is 17.7. The highest BCUT2D eigenvalue weighted by molar-refractivity contribution is 9.11. The Kier molecular flexibility index (Phi) is 4.37. The lowest BCUT2D eigenvalue weighted by Crippen LogP contribution is -2.08. The Hall–Kier alpha value is -1.38. The molecule has 1 aromatic carbocycles. The largest absolute Gasteiger partial charge is 0.494 e. The molecule has 0 atom stereocenters. The summed E-state index contributed by atoms with van der Waals surface area (Å²) in [6, 6.07) is 3.80. The first-order chi connectivity index (χ1) is 12.0. The molecule has 2 heterocycles. The van der Waals surface area contributed by atoms with Crippen molar-refractivity contribution in [3.63, 3.8) is 0 Å². The first-order valence-corrected chi connectivity index (χ1v) is 9.60. The minimum absolute atomic E-state index is 0.364. The van der Waals surface area contributed by atoms with E-state index in [1.807, 2.05) is 12.1 Å². The van der Waals surface area contributed by atoms with Crippen LogP contribution >= 0.6 is 44.1 Å². The highest BCUT2D eigenvalue weighted by Gasteiger charge is 2.32. The maximum absolute atomic E-state index is 13.7. The molecule has 128 valence electrons. The maximum Gasteiger partial charge on any atom is 0.234 e. The lowest BCUT2D eigenvalue weighted by Gasteiger charge is -2.11. The van der Waals surface area contributed by atoms with Crippen LogP contribution in [-0.2, 0) is 0 Å². The highest BCUT2D eigenvalue weighted by Crippen LogP contribution is 2.42. The van der Waals surface area contributed by atoms with Gasteiger partial charge in [0.25, 0.3) is 0 Å². The second kappa shape index (κ2) is 6.41. The number of benzene rings is 1. The van der Waals surface area contributed by atoms with Gasteiger partial charge in [-0.05, 0) is 62.4 Å². The third-order valence-corrected chi connectivity index (χ3v) is 5.73. The molecule has 1 saturated carbocycles. The van der Waals surface area contributed by atoms with Gasteiger partial charge in [-0.1, -0.05) is 12.2 Å². The van der Waals surface area contributed by atoms with Gasteiger partial charge < -0.3 is 4.74 Å². The van der Waals surface area contributed by atoms with Crippen LogP contribution in [0.5, 0.6) is 5.75 Å². The fourth-order valence-corrected chi connectivity index (χ4v) is 4.65. The normalized spacial score (nSPS) is 14.1. The molecule has 0 radical (unpaired) electrons. The summed E-state index contributed by atoms with van der Waals surface area (Å²) < 4.78 is 22.3. The fraction of sp³-hybridized carbons (Fsp3) is 0.235. The Labute approximate surface area is 165 Å². The predicted octanol–water partition coefficient (Wildman–Crippen LogP) is 5.05. The molecule has 0 spiro atoms. The molecule has 0 N–H and O–H groups in total. The van der Waals surface area contributed by atoms with Crippen molar-refractivity contribution in [2.45, 2.75) is 18.8 Å². The molecule has 8 heteroatoms. The summed E-state index contributed by atoms with van der Waals surface area (Å²) in [7, 11) is 1.60. The summed E-state index contributed by atoms with van der Waals surface area (Å²) in [5, 5.41) is 0.